The first kappa shape index (κ1) is 9.06. The van der Waals surface area contributed by atoms with Gasteiger partial charge in [-0.05, 0) is 25.5 Å². The molecule has 1 aromatic carbocycles. The number of nitrogens with zero attached hydrogens (tertiary/aromatic N) is 3. The Labute approximate surface area is 84.6 Å². The number of rotatable bonds is 1. The molecule has 3 heteroatoms. The standard InChI is InChI=1S/C11H15N3/c1-9-6-4-5-7-11(9)14-8-12-13(3)10(14)2/h4-8,10H,1-3H3/t10-/m0/s1. The van der Waals surface area contributed by atoms with Crippen molar-refractivity contribution in [1.82, 2.24) is 5.01 Å². The highest BCUT2D eigenvalue weighted by molar-refractivity contribution is 5.82. The molecule has 0 aliphatic carbocycles. The molecule has 0 amide bonds. The van der Waals surface area contributed by atoms with Gasteiger partial charge in [-0.25, -0.2) is 0 Å². The maximum Gasteiger partial charge on any atom is 0.120 e. The quantitative estimate of drug-likeness (QED) is 0.673. The average Bonchev–Trinajstić information content (AvgIpc) is 2.49. The topological polar surface area (TPSA) is 18.8 Å². The molecule has 0 fully saturated rings. The summed E-state index contributed by atoms with van der Waals surface area (Å²) in [7, 11) is 1.99. The number of hydrazone groups is 1. The summed E-state index contributed by atoms with van der Waals surface area (Å²) in [5.74, 6) is 0. The summed E-state index contributed by atoms with van der Waals surface area (Å²) in [6.45, 7) is 4.26. The zero-order valence-electron chi connectivity index (χ0n) is 8.81. The van der Waals surface area contributed by atoms with Gasteiger partial charge in [0.15, 0.2) is 0 Å². The fourth-order valence-corrected chi connectivity index (χ4v) is 1.63. The van der Waals surface area contributed by atoms with Gasteiger partial charge in [-0.2, -0.15) is 5.10 Å². The van der Waals surface area contributed by atoms with Gasteiger partial charge in [-0.15, -0.1) is 0 Å². The Bertz CT molecular complexity index is 359. The Hall–Kier alpha value is -1.51. The van der Waals surface area contributed by atoms with Crippen LogP contribution in [-0.4, -0.2) is 24.6 Å². The van der Waals surface area contributed by atoms with E-state index in [2.05, 4.69) is 48.1 Å². The van der Waals surface area contributed by atoms with E-state index < -0.39 is 0 Å². The molecule has 1 aliphatic heterocycles. The number of para-hydroxylation sites is 1. The molecule has 1 aliphatic rings. The van der Waals surface area contributed by atoms with E-state index in [1.807, 2.05) is 18.4 Å². The predicted molar refractivity (Wildman–Crippen MR) is 59.4 cm³/mol. The summed E-state index contributed by atoms with van der Waals surface area (Å²) >= 11 is 0. The van der Waals surface area contributed by atoms with Crippen LogP contribution in [0.5, 0.6) is 0 Å². The summed E-state index contributed by atoms with van der Waals surface area (Å²) in [6.07, 6.45) is 2.18. The van der Waals surface area contributed by atoms with Crippen LogP contribution in [0.2, 0.25) is 0 Å². The predicted octanol–water partition coefficient (Wildman–Crippen LogP) is 2.04. The molecule has 1 aromatic rings. The molecule has 3 nitrogen and oxygen atoms in total. The SMILES string of the molecule is Cc1ccccc1N1C=NN(C)[C@@H]1C. The van der Waals surface area contributed by atoms with Gasteiger partial charge in [0, 0.05) is 12.7 Å². The van der Waals surface area contributed by atoms with Crippen LogP contribution in [0.4, 0.5) is 5.69 Å². The van der Waals surface area contributed by atoms with E-state index >= 15 is 0 Å². The lowest BCUT2D eigenvalue weighted by Crippen LogP contribution is -2.35. The van der Waals surface area contributed by atoms with Crippen LogP contribution >= 0.6 is 0 Å². The minimum absolute atomic E-state index is 0.302. The Morgan fingerprint density at radius 2 is 2.00 bits per heavy atom. The van der Waals surface area contributed by atoms with E-state index in [1.165, 1.54) is 11.3 Å². The van der Waals surface area contributed by atoms with Crippen LogP contribution < -0.4 is 4.90 Å². The monoisotopic (exact) mass is 189 g/mol. The molecule has 74 valence electrons. The molecule has 0 aromatic heterocycles. The lowest BCUT2D eigenvalue weighted by Gasteiger charge is -2.25. The maximum atomic E-state index is 4.25. The molecule has 0 saturated heterocycles. The minimum atomic E-state index is 0.302. The van der Waals surface area contributed by atoms with Gasteiger partial charge in [0.2, 0.25) is 0 Å². The highest BCUT2D eigenvalue weighted by Gasteiger charge is 2.22. The van der Waals surface area contributed by atoms with Gasteiger partial charge in [-0.3, -0.25) is 5.01 Å². The van der Waals surface area contributed by atoms with Crippen molar-refractivity contribution in [3.8, 4) is 0 Å². The van der Waals surface area contributed by atoms with Crippen molar-refractivity contribution in [2.45, 2.75) is 20.0 Å². The van der Waals surface area contributed by atoms with Gasteiger partial charge in [0.05, 0.1) is 0 Å². The van der Waals surface area contributed by atoms with Crippen molar-refractivity contribution < 1.29 is 0 Å². The summed E-state index contributed by atoms with van der Waals surface area (Å²) in [6, 6.07) is 8.35. The molecular formula is C11H15N3. The fourth-order valence-electron chi connectivity index (χ4n) is 1.63. The van der Waals surface area contributed by atoms with E-state index in [4.69, 9.17) is 0 Å². The lowest BCUT2D eigenvalue weighted by atomic mass is 10.2. The number of hydrogen-bond acceptors (Lipinski definition) is 3. The Balaban J connectivity index is 2.33. The normalized spacial score (nSPS) is 20.6. The number of hydrogen-bond donors (Lipinski definition) is 0. The second kappa shape index (κ2) is 3.33. The fraction of sp³-hybridized carbons (Fsp3) is 0.364. The van der Waals surface area contributed by atoms with Gasteiger partial charge >= 0.3 is 0 Å². The molecule has 0 unspecified atom stereocenters. The lowest BCUT2D eigenvalue weighted by molar-refractivity contribution is 0.304. The van der Waals surface area contributed by atoms with Crippen molar-refractivity contribution in [2.24, 2.45) is 5.10 Å². The largest absolute Gasteiger partial charge is 0.309 e. The number of benzene rings is 1. The molecule has 0 radical (unpaired) electrons. The maximum absolute atomic E-state index is 4.25. The van der Waals surface area contributed by atoms with Crippen molar-refractivity contribution in [3.05, 3.63) is 29.8 Å². The summed E-state index contributed by atoms with van der Waals surface area (Å²) < 4.78 is 0. The Morgan fingerprint density at radius 1 is 1.29 bits per heavy atom. The van der Waals surface area contributed by atoms with E-state index in [0.717, 1.165) is 0 Å². The average molecular weight is 189 g/mol. The zero-order valence-corrected chi connectivity index (χ0v) is 8.81. The number of aryl methyl sites for hydroxylation is 1. The molecule has 0 N–H and O–H groups in total. The molecule has 1 heterocycles. The molecule has 1 atom stereocenters. The second-order valence-electron chi connectivity index (χ2n) is 3.63. The van der Waals surface area contributed by atoms with Crippen LogP contribution in [0.1, 0.15) is 12.5 Å². The molecular weight excluding hydrogens is 174 g/mol. The molecule has 14 heavy (non-hydrogen) atoms. The van der Waals surface area contributed by atoms with Gasteiger partial charge < -0.3 is 4.90 Å². The van der Waals surface area contributed by atoms with Crippen LogP contribution in [0.25, 0.3) is 0 Å². The molecule has 0 bridgehead atoms. The Morgan fingerprint density at radius 3 is 2.57 bits per heavy atom. The van der Waals surface area contributed by atoms with E-state index in [0.29, 0.717) is 6.17 Å². The molecule has 0 spiro atoms. The van der Waals surface area contributed by atoms with E-state index in [-0.39, 0.29) is 0 Å². The third-order valence-electron chi connectivity index (χ3n) is 2.70. The smallest absolute Gasteiger partial charge is 0.120 e. The first-order valence-electron chi connectivity index (χ1n) is 4.81. The summed E-state index contributed by atoms with van der Waals surface area (Å²) in [5, 5.41) is 6.20. The van der Waals surface area contributed by atoms with Crippen LogP contribution in [0, 0.1) is 6.92 Å². The molecule has 2 rings (SSSR count). The van der Waals surface area contributed by atoms with Crippen LogP contribution in [-0.2, 0) is 0 Å². The minimum Gasteiger partial charge on any atom is -0.309 e. The van der Waals surface area contributed by atoms with Crippen molar-refractivity contribution >= 4 is 12.0 Å². The van der Waals surface area contributed by atoms with Crippen molar-refractivity contribution in [2.75, 3.05) is 11.9 Å². The zero-order chi connectivity index (χ0) is 10.1. The Kier molecular flexibility index (Phi) is 2.15. The first-order valence-corrected chi connectivity index (χ1v) is 4.81. The van der Waals surface area contributed by atoms with Gasteiger partial charge in [0.1, 0.15) is 12.5 Å². The highest BCUT2D eigenvalue weighted by atomic mass is 15.6. The third kappa shape index (κ3) is 1.35. The van der Waals surface area contributed by atoms with Crippen LogP contribution in [0.15, 0.2) is 29.4 Å². The summed E-state index contributed by atoms with van der Waals surface area (Å²) in [5.41, 5.74) is 2.51. The van der Waals surface area contributed by atoms with Crippen molar-refractivity contribution in [1.29, 1.82) is 0 Å². The van der Waals surface area contributed by atoms with Gasteiger partial charge in [-0.1, -0.05) is 18.2 Å². The first-order chi connectivity index (χ1) is 6.70. The van der Waals surface area contributed by atoms with E-state index in [1.54, 1.807) is 0 Å². The highest BCUT2D eigenvalue weighted by Crippen LogP contribution is 2.23. The molecule has 0 saturated carbocycles. The van der Waals surface area contributed by atoms with Crippen LogP contribution in [0.3, 0.4) is 0 Å². The summed E-state index contributed by atoms with van der Waals surface area (Å²) in [4.78, 5) is 2.18. The van der Waals surface area contributed by atoms with E-state index in [9.17, 15) is 0 Å². The third-order valence-corrected chi connectivity index (χ3v) is 2.70. The van der Waals surface area contributed by atoms with Gasteiger partial charge in [0.25, 0.3) is 0 Å². The van der Waals surface area contributed by atoms with Crippen molar-refractivity contribution in [3.63, 3.8) is 0 Å². The second-order valence-corrected chi connectivity index (χ2v) is 3.63. The number of anilines is 1.